The first-order valence-corrected chi connectivity index (χ1v) is 8.92. The molecule has 1 aliphatic carbocycles. The summed E-state index contributed by atoms with van der Waals surface area (Å²) in [6.07, 6.45) is 10.4. The van der Waals surface area contributed by atoms with E-state index in [9.17, 15) is 0 Å². The Morgan fingerprint density at radius 2 is 1.89 bits per heavy atom. The minimum absolute atomic E-state index is 0.375. The summed E-state index contributed by atoms with van der Waals surface area (Å²) < 4.78 is 0.595. The van der Waals surface area contributed by atoms with E-state index in [2.05, 4.69) is 42.1 Å². The first-order valence-electron chi connectivity index (χ1n) is 7.70. The molecule has 0 aromatic rings. The Hall–Kier alpha value is 0.270. The molecule has 0 atom stereocenters. The van der Waals surface area contributed by atoms with Crippen LogP contribution in [0.3, 0.4) is 0 Å². The predicted molar refractivity (Wildman–Crippen MR) is 82.5 cm³/mol. The molecule has 2 rings (SSSR count). The van der Waals surface area contributed by atoms with Crippen molar-refractivity contribution in [3.05, 3.63) is 0 Å². The molecule has 1 N–H and O–H groups in total. The molecule has 0 amide bonds. The van der Waals surface area contributed by atoms with Crippen molar-refractivity contribution in [1.29, 1.82) is 0 Å². The van der Waals surface area contributed by atoms with Crippen molar-refractivity contribution in [1.82, 2.24) is 10.2 Å². The highest BCUT2D eigenvalue weighted by atomic mass is 32.2. The van der Waals surface area contributed by atoms with Crippen LogP contribution in [-0.2, 0) is 0 Å². The zero-order chi connectivity index (χ0) is 13.1. The van der Waals surface area contributed by atoms with Crippen LogP contribution < -0.4 is 5.32 Å². The Bertz CT molecular complexity index is 254. The minimum Gasteiger partial charge on any atom is -0.310 e. The molecule has 2 aliphatic rings. The van der Waals surface area contributed by atoms with Gasteiger partial charge in [-0.25, -0.2) is 0 Å². The lowest BCUT2D eigenvalue weighted by Crippen LogP contribution is -2.54. The molecule has 1 saturated carbocycles. The third-order valence-corrected chi connectivity index (χ3v) is 6.64. The normalized spacial score (nSPS) is 27.5. The maximum absolute atomic E-state index is 3.82. The standard InChI is InChI=1S/C15H30N2S/c1-4-14(5-2)12-17(11-7-10-16-14)13-15(18-3)8-6-9-15/h16H,4-13H2,1-3H3. The third kappa shape index (κ3) is 3.05. The highest BCUT2D eigenvalue weighted by Gasteiger charge is 2.39. The predicted octanol–water partition coefficient (Wildman–Crippen LogP) is 3.13. The molecule has 1 heterocycles. The number of hydrogen-bond donors (Lipinski definition) is 1. The van der Waals surface area contributed by atoms with Crippen molar-refractivity contribution < 1.29 is 0 Å². The highest BCUT2D eigenvalue weighted by Crippen LogP contribution is 2.43. The van der Waals surface area contributed by atoms with Crippen LogP contribution in [0.15, 0.2) is 0 Å². The fraction of sp³-hybridized carbons (Fsp3) is 1.00. The molecular formula is C15H30N2S. The maximum Gasteiger partial charge on any atom is 0.0303 e. The fourth-order valence-corrected chi connectivity index (χ4v) is 4.49. The van der Waals surface area contributed by atoms with E-state index < -0.39 is 0 Å². The molecule has 0 bridgehead atoms. The van der Waals surface area contributed by atoms with E-state index >= 15 is 0 Å². The molecule has 1 saturated heterocycles. The maximum atomic E-state index is 3.82. The first kappa shape index (κ1) is 14.7. The lowest BCUT2D eigenvalue weighted by molar-refractivity contribution is 0.160. The van der Waals surface area contributed by atoms with Crippen LogP contribution in [0.1, 0.15) is 52.4 Å². The average molecular weight is 270 g/mol. The lowest BCUT2D eigenvalue weighted by atomic mass is 9.83. The molecule has 0 unspecified atom stereocenters. The van der Waals surface area contributed by atoms with Crippen LogP contribution in [0.4, 0.5) is 0 Å². The Balaban J connectivity index is 1.98. The lowest BCUT2D eigenvalue weighted by Gasteiger charge is -2.45. The van der Waals surface area contributed by atoms with Crippen LogP contribution >= 0.6 is 11.8 Å². The van der Waals surface area contributed by atoms with E-state index in [1.165, 1.54) is 64.7 Å². The van der Waals surface area contributed by atoms with Crippen molar-refractivity contribution in [2.45, 2.75) is 62.7 Å². The number of nitrogens with zero attached hydrogens (tertiary/aromatic N) is 1. The molecule has 0 aromatic carbocycles. The molecule has 0 radical (unpaired) electrons. The van der Waals surface area contributed by atoms with Gasteiger partial charge in [0.1, 0.15) is 0 Å². The molecule has 18 heavy (non-hydrogen) atoms. The second-order valence-corrected chi connectivity index (χ2v) is 7.49. The molecule has 2 nitrogen and oxygen atoms in total. The van der Waals surface area contributed by atoms with Gasteiger partial charge >= 0.3 is 0 Å². The SMILES string of the molecule is CCC1(CC)CN(CC2(SC)CCC2)CCCN1. The second kappa shape index (κ2) is 6.15. The van der Waals surface area contributed by atoms with E-state index in [0.717, 1.165) is 0 Å². The van der Waals surface area contributed by atoms with Gasteiger partial charge in [-0.3, -0.25) is 0 Å². The van der Waals surface area contributed by atoms with Gasteiger partial charge in [-0.15, -0.1) is 0 Å². The monoisotopic (exact) mass is 270 g/mol. The van der Waals surface area contributed by atoms with Crippen LogP contribution in [-0.4, -0.2) is 47.6 Å². The topological polar surface area (TPSA) is 15.3 Å². The molecule has 2 fully saturated rings. The van der Waals surface area contributed by atoms with Crippen molar-refractivity contribution >= 4 is 11.8 Å². The van der Waals surface area contributed by atoms with Crippen LogP contribution in [0, 0.1) is 0 Å². The summed E-state index contributed by atoms with van der Waals surface area (Å²) in [6, 6.07) is 0. The Kier molecular flexibility index (Phi) is 5.01. The van der Waals surface area contributed by atoms with Gasteiger partial charge < -0.3 is 10.2 Å². The summed E-state index contributed by atoms with van der Waals surface area (Å²) in [4.78, 5) is 2.75. The molecule has 0 aromatic heterocycles. The van der Waals surface area contributed by atoms with Gasteiger partial charge in [-0.05, 0) is 51.4 Å². The molecule has 106 valence electrons. The summed E-state index contributed by atoms with van der Waals surface area (Å²) >= 11 is 2.11. The smallest absolute Gasteiger partial charge is 0.0303 e. The van der Waals surface area contributed by atoms with Gasteiger partial charge in [-0.1, -0.05) is 20.3 Å². The van der Waals surface area contributed by atoms with E-state index in [4.69, 9.17) is 0 Å². The van der Waals surface area contributed by atoms with E-state index in [1.807, 2.05) is 0 Å². The van der Waals surface area contributed by atoms with Gasteiger partial charge in [-0.2, -0.15) is 11.8 Å². The van der Waals surface area contributed by atoms with Gasteiger partial charge in [0.2, 0.25) is 0 Å². The Morgan fingerprint density at radius 1 is 1.17 bits per heavy atom. The number of thioether (sulfide) groups is 1. The zero-order valence-corrected chi connectivity index (χ0v) is 13.2. The summed E-state index contributed by atoms with van der Waals surface area (Å²) in [7, 11) is 0. The van der Waals surface area contributed by atoms with E-state index in [0.29, 0.717) is 10.3 Å². The van der Waals surface area contributed by atoms with Crippen LogP contribution in [0.5, 0.6) is 0 Å². The summed E-state index contributed by atoms with van der Waals surface area (Å²) in [6.45, 7) is 9.74. The van der Waals surface area contributed by atoms with Crippen LogP contribution in [0.25, 0.3) is 0 Å². The zero-order valence-electron chi connectivity index (χ0n) is 12.4. The molecule has 1 aliphatic heterocycles. The van der Waals surface area contributed by atoms with Gasteiger partial charge in [0.15, 0.2) is 0 Å². The Labute approximate surface area is 117 Å². The average Bonchev–Trinajstić information content (AvgIpc) is 2.56. The fourth-order valence-electron chi connectivity index (χ4n) is 3.48. The minimum atomic E-state index is 0.375. The number of rotatable bonds is 5. The Morgan fingerprint density at radius 3 is 2.39 bits per heavy atom. The quantitative estimate of drug-likeness (QED) is 0.826. The summed E-state index contributed by atoms with van der Waals surface area (Å²) in [5.41, 5.74) is 0.375. The van der Waals surface area contributed by atoms with E-state index in [-0.39, 0.29) is 0 Å². The van der Waals surface area contributed by atoms with Crippen molar-refractivity contribution in [3.8, 4) is 0 Å². The third-order valence-electron chi connectivity index (χ3n) is 5.24. The molecule has 0 spiro atoms. The van der Waals surface area contributed by atoms with Crippen molar-refractivity contribution in [2.75, 3.05) is 32.4 Å². The van der Waals surface area contributed by atoms with E-state index in [1.54, 1.807) is 0 Å². The first-order chi connectivity index (χ1) is 8.67. The second-order valence-electron chi connectivity index (χ2n) is 6.22. The summed E-state index contributed by atoms with van der Waals surface area (Å²) in [5, 5.41) is 3.82. The number of nitrogens with one attached hydrogen (secondary N) is 1. The molecular weight excluding hydrogens is 240 g/mol. The van der Waals surface area contributed by atoms with Gasteiger partial charge in [0, 0.05) is 23.4 Å². The largest absolute Gasteiger partial charge is 0.310 e. The van der Waals surface area contributed by atoms with Gasteiger partial charge in [0.05, 0.1) is 0 Å². The van der Waals surface area contributed by atoms with Crippen molar-refractivity contribution in [3.63, 3.8) is 0 Å². The van der Waals surface area contributed by atoms with Gasteiger partial charge in [0.25, 0.3) is 0 Å². The van der Waals surface area contributed by atoms with Crippen LogP contribution in [0.2, 0.25) is 0 Å². The number of hydrogen-bond acceptors (Lipinski definition) is 3. The summed E-state index contributed by atoms with van der Waals surface area (Å²) in [5.74, 6) is 0. The molecule has 3 heteroatoms. The van der Waals surface area contributed by atoms with Crippen molar-refractivity contribution in [2.24, 2.45) is 0 Å². The highest BCUT2D eigenvalue weighted by molar-refractivity contribution is 8.00.